The Morgan fingerprint density at radius 2 is 2.06 bits per heavy atom. The zero-order chi connectivity index (χ0) is 12.4. The van der Waals surface area contributed by atoms with Gasteiger partial charge in [-0.2, -0.15) is 0 Å². The van der Waals surface area contributed by atoms with Crippen molar-refractivity contribution in [3.63, 3.8) is 0 Å². The van der Waals surface area contributed by atoms with Gasteiger partial charge in [-0.05, 0) is 25.8 Å². The molecule has 0 spiro atoms. The Morgan fingerprint density at radius 3 is 2.65 bits per heavy atom. The molecule has 4 nitrogen and oxygen atoms in total. The van der Waals surface area contributed by atoms with Crippen molar-refractivity contribution in [3.8, 4) is 0 Å². The van der Waals surface area contributed by atoms with E-state index < -0.39 is 6.10 Å². The molecule has 0 aliphatic rings. The number of aliphatic hydroxyl groups excluding tert-OH is 1. The topological polar surface area (TPSA) is 50.9 Å². The van der Waals surface area contributed by atoms with Gasteiger partial charge in [0.1, 0.15) is 12.0 Å². The van der Waals surface area contributed by atoms with Crippen LogP contribution in [0.15, 0.2) is 18.6 Å². The van der Waals surface area contributed by atoms with E-state index in [2.05, 4.69) is 28.4 Å². The SMILES string of the molecule is CCC(CC)n1c(C(C)O)cc2cncnc21. The van der Waals surface area contributed by atoms with Gasteiger partial charge in [-0.25, -0.2) is 9.97 Å². The van der Waals surface area contributed by atoms with Crippen molar-refractivity contribution in [1.82, 2.24) is 14.5 Å². The molecule has 0 aliphatic carbocycles. The fourth-order valence-electron chi connectivity index (χ4n) is 2.35. The van der Waals surface area contributed by atoms with E-state index in [0.29, 0.717) is 6.04 Å². The maximum absolute atomic E-state index is 9.88. The first kappa shape index (κ1) is 12.0. The fourth-order valence-corrected chi connectivity index (χ4v) is 2.35. The standard InChI is InChI=1S/C13H19N3O/c1-4-11(5-2)16-12(9(3)17)6-10-7-14-8-15-13(10)16/h6-9,11,17H,4-5H2,1-3H3. The third kappa shape index (κ3) is 2.05. The van der Waals surface area contributed by atoms with Gasteiger partial charge in [0, 0.05) is 23.3 Å². The molecule has 2 aromatic heterocycles. The lowest BCUT2D eigenvalue weighted by Gasteiger charge is -2.20. The largest absolute Gasteiger partial charge is 0.387 e. The first-order chi connectivity index (χ1) is 8.19. The minimum atomic E-state index is -0.482. The highest BCUT2D eigenvalue weighted by molar-refractivity contribution is 5.76. The fraction of sp³-hybridized carbons (Fsp3) is 0.538. The van der Waals surface area contributed by atoms with Crippen LogP contribution in [0.1, 0.15) is 51.5 Å². The predicted octanol–water partition coefficient (Wildman–Crippen LogP) is 2.85. The predicted molar refractivity (Wildman–Crippen MR) is 67.8 cm³/mol. The Labute approximate surface area is 101 Å². The van der Waals surface area contributed by atoms with Gasteiger partial charge < -0.3 is 9.67 Å². The third-order valence-electron chi connectivity index (χ3n) is 3.26. The van der Waals surface area contributed by atoms with Crippen molar-refractivity contribution in [1.29, 1.82) is 0 Å². The summed E-state index contributed by atoms with van der Waals surface area (Å²) in [6.45, 7) is 6.11. The van der Waals surface area contributed by atoms with Crippen LogP contribution in [-0.2, 0) is 0 Å². The van der Waals surface area contributed by atoms with E-state index in [-0.39, 0.29) is 0 Å². The Hall–Kier alpha value is -1.42. The highest BCUT2D eigenvalue weighted by Crippen LogP contribution is 2.29. The van der Waals surface area contributed by atoms with Crippen molar-refractivity contribution in [3.05, 3.63) is 24.3 Å². The van der Waals surface area contributed by atoms with Gasteiger partial charge in [-0.1, -0.05) is 13.8 Å². The van der Waals surface area contributed by atoms with Gasteiger partial charge >= 0.3 is 0 Å². The summed E-state index contributed by atoms with van der Waals surface area (Å²) in [6.07, 6.45) is 4.94. The van der Waals surface area contributed by atoms with Crippen LogP contribution in [0, 0.1) is 0 Å². The first-order valence-electron chi connectivity index (χ1n) is 6.17. The molecule has 0 bridgehead atoms. The summed E-state index contributed by atoms with van der Waals surface area (Å²) in [4.78, 5) is 8.37. The number of fused-ring (bicyclic) bond motifs is 1. The summed E-state index contributed by atoms with van der Waals surface area (Å²) in [5, 5.41) is 10.9. The number of aromatic nitrogens is 3. The van der Waals surface area contributed by atoms with Crippen LogP contribution in [0.4, 0.5) is 0 Å². The average molecular weight is 233 g/mol. The Bertz CT molecular complexity index is 500. The molecule has 4 heteroatoms. The Kier molecular flexibility index (Phi) is 3.43. The molecule has 0 radical (unpaired) electrons. The second-order valence-corrected chi connectivity index (χ2v) is 4.39. The maximum atomic E-state index is 9.88. The third-order valence-corrected chi connectivity index (χ3v) is 3.26. The molecule has 0 amide bonds. The van der Waals surface area contributed by atoms with Crippen LogP contribution < -0.4 is 0 Å². The van der Waals surface area contributed by atoms with Crippen LogP contribution in [-0.4, -0.2) is 19.6 Å². The van der Waals surface area contributed by atoms with Gasteiger partial charge in [-0.15, -0.1) is 0 Å². The van der Waals surface area contributed by atoms with E-state index in [1.807, 2.05) is 6.07 Å². The van der Waals surface area contributed by atoms with Crippen molar-refractivity contribution in [2.45, 2.75) is 45.8 Å². The molecule has 0 aromatic carbocycles. The van der Waals surface area contributed by atoms with E-state index in [1.54, 1.807) is 19.4 Å². The minimum absolute atomic E-state index is 0.381. The molecular formula is C13H19N3O. The summed E-state index contributed by atoms with van der Waals surface area (Å²) in [5.74, 6) is 0. The van der Waals surface area contributed by atoms with Crippen LogP contribution in [0.25, 0.3) is 11.0 Å². The molecule has 0 fully saturated rings. The van der Waals surface area contributed by atoms with E-state index >= 15 is 0 Å². The summed E-state index contributed by atoms with van der Waals surface area (Å²) in [7, 11) is 0. The summed E-state index contributed by atoms with van der Waals surface area (Å²) < 4.78 is 2.15. The molecule has 1 unspecified atom stereocenters. The molecule has 1 N–H and O–H groups in total. The quantitative estimate of drug-likeness (QED) is 0.883. The minimum Gasteiger partial charge on any atom is -0.387 e. The molecule has 0 saturated carbocycles. The van der Waals surface area contributed by atoms with E-state index in [0.717, 1.165) is 29.6 Å². The summed E-state index contributed by atoms with van der Waals surface area (Å²) >= 11 is 0. The number of hydrogen-bond acceptors (Lipinski definition) is 3. The van der Waals surface area contributed by atoms with E-state index in [4.69, 9.17) is 0 Å². The van der Waals surface area contributed by atoms with Crippen LogP contribution in [0.3, 0.4) is 0 Å². The highest BCUT2D eigenvalue weighted by atomic mass is 16.3. The second-order valence-electron chi connectivity index (χ2n) is 4.39. The van der Waals surface area contributed by atoms with Crippen LogP contribution in [0.2, 0.25) is 0 Å². The van der Waals surface area contributed by atoms with Crippen LogP contribution in [0.5, 0.6) is 0 Å². The molecule has 92 valence electrons. The molecular weight excluding hydrogens is 214 g/mol. The second kappa shape index (κ2) is 4.84. The van der Waals surface area contributed by atoms with Gasteiger partial charge in [0.15, 0.2) is 0 Å². The zero-order valence-electron chi connectivity index (χ0n) is 10.6. The first-order valence-corrected chi connectivity index (χ1v) is 6.17. The molecule has 2 aromatic rings. The summed E-state index contributed by atoms with van der Waals surface area (Å²) in [5.41, 5.74) is 1.85. The molecule has 0 saturated heterocycles. The molecule has 17 heavy (non-hydrogen) atoms. The van der Waals surface area contributed by atoms with Crippen molar-refractivity contribution in [2.24, 2.45) is 0 Å². The van der Waals surface area contributed by atoms with Gasteiger partial charge in [0.25, 0.3) is 0 Å². The lowest BCUT2D eigenvalue weighted by atomic mass is 10.1. The number of aliphatic hydroxyl groups is 1. The van der Waals surface area contributed by atoms with Crippen molar-refractivity contribution in [2.75, 3.05) is 0 Å². The Morgan fingerprint density at radius 1 is 1.35 bits per heavy atom. The molecule has 1 atom stereocenters. The lowest BCUT2D eigenvalue weighted by molar-refractivity contribution is 0.186. The summed E-state index contributed by atoms with van der Waals surface area (Å²) in [6, 6.07) is 2.37. The van der Waals surface area contributed by atoms with Crippen molar-refractivity contribution >= 4 is 11.0 Å². The van der Waals surface area contributed by atoms with Crippen LogP contribution >= 0.6 is 0 Å². The van der Waals surface area contributed by atoms with Gasteiger partial charge in [-0.3, -0.25) is 0 Å². The molecule has 2 rings (SSSR count). The lowest BCUT2D eigenvalue weighted by Crippen LogP contribution is -2.12. The van der Waals surface area contributed by atoms with Crippen molar-refractivity contribution < 1.29 is 5.11 Å². The molecule has 0 aliphatic heterocycles. The van der Waals surface area contributed by atoms with E-state index in [9.17, 15) is 5.11 Å². The average Bonchev–Trinajstić information content (AvgIpc) is 2.71. The maximum Gasteiger partial charge on any atom is 0.143 e. The van der Waals surface area contributed by atoms with Gasteiger partial charge in [0.05, 0.1) is 6.10 Å². The number of nitrogens with zero attached hydrogens (tertiary/aromatic N) is 3. The monoisotopic (exact) mass is 233 g/mol. The number of rotatable bonds is 4. The molecule has 2 heterocycles. The zero-order valence-corrected chi connectivity index (χ0v) is 10.6. The normalized spacial score (nSPS) is 13.5. The van der Waals surface area contributed by atoms with E-state index in [1.165, 1.54) is 0 Å². The highest BCUT2D eigenvalue weighted by Gasteiger charge is 2.18. The van der Waals surface area contributed by atoms with Gasteiger partial charge in [0.2, 0.25) is 0 Å². The Balaban J connectivity index is 2.67. The number of hydrogen-bond donors (Lipinski definition) is 1. The smallest absolute Gasteiger partial charge is 0.143 e.